The summed E-state index contributed by atoms with van der Waals surface area (Å²) < 4.78 is 0. The number of carbonyl (C=O) groups is 1. The first-order chi connectivity index (χ1) is 8.50. The van der Waals surface area contributed by atoms with Gasteiger partial charge < -0.3 is 10.6 Å². The fourth-order valence-corrected chi connectivity index (χ4v) is 3.66. The lowest BCUT2D eigenvalue weighted by Gasteiger charge is -2.42. The second kappa shape index (κ2) is 5.60. The van der Waals surface area contributed by atoms with E-state index in [1.165, 1.54) is 6.42 Å². The van der Waals surface area contributed by atoms with Crippen LogP contribution < -0.4 is 5.73 Å². The van der Waals surface area contributed by atoms with E-state index >= 15 is 0 Å². The largest absolute Gasteiger partial charge is 0.339 e. The molecule has 1 aliphatic heterocycles. The van der Waals surface area contributed by atoms with Crippen LogP contribution in [0.2, 0.25) is 0 Å². The molecule has 1 saturated heterocycles. The molecule has 5 atom stereocenters. The number of nitrogens with two attached hydrogens (primary N) is 1. The monoisotopic (exact) mass is 252 g/mol. The van der Waals surface area contributed by atoms with Gasteiger partial charge in [-0.25, -0.2) is 0 Å². The minimum Gasteiger partial charge on any atom is -0.339 e. The number of nitrogens with zero attached hydrogens (tertiary/aromatic N) is 1. The first-order valence-corrected chi connectivity index (χ1v) is 7.56. The van der Waals surface area contributed by atoms with Gasteiger partial charge in [-0.15, -0.1) is 0 Å². The van der Waals surface area contributed by atoms with Crippen molar-refractivity contribution < 1.29 is 4.79 Å². The lowest BCUT2D eigenvalue weighted by atomic mass is 9.77. The number of amides is 1. The molecule has 3 nitrogen and oxygen atoms in total. The van der Waals surface area contributed by atoms with Crippen LogP contribution in [0.5, 0.6) is 0 Å². The third-order valence-electron chi connectivity index (χ3n) is 5.18. The number of piperidine rings is 1. The summed E-state index contributed by atoms with van der Waals surface area (Å²) in [6.07, 6.45) is 5.43. The molecule has 1 aliphatic carbocycles. The SMILES string of the molecule is CC1CC(N)CCC1C(=O)N1CCCC(C)C1C. The first-order valence-electron chi connectivity index (χ1n) is 7.56. The average molecular weight is 252 g/mol. The van der Waals surface area contributed by atoms with Gasteiger partial charge in [0.2, 0.25) is 5.91 Å². The van der Waals surface area contributed by atoms with Gasteiger partial charge in [0.05, 0.1) is 0 Å². The molecule has 0 spiro atoms. The van der Waals surface area contributed by atoms with Gasteiger partial charge in [-0.1, -0.05) is 13.8 Å². The Morgan fingerprint density at radius 3 is 2.50 bits per heavy atom. The fraction of sp³-hybridized carbons (Fsp3) is 0.933. The molecule has 1 heterocycles. The van der Waals surface area contributed by atoms with E-state index in [2.05, 4.69) is 25.7 Å². The summed E-state index contributed by atoms with van der Waals surface area (Å²) in [5, 5.41) is 0. The van der Waals surface area contributed by atoms with Crippen LogP contribution in [0.4, 0.5) is 0 Å². The molecule has 1 amide bonds. The molecule has 0 bridgehead atoms. The number of likely N-dealkylation sites (tertiary alicyclic amines) is 1. The Kier molecular flexibility index (Phi) is 4.31. The van der Waals surface area contributed by atoms with Crippen molar-refractivity contribution in [1.29, 1.82) is 0 Å². The zero-order chi connectivity index (χ0) is 13.3. The third-order valence-corrected chi connectivity index (χ3v) is 5.18. The third kappa shape index (κ3) is 2.71. The highest BCUT2D eigenvalue weighted by molar-refractivity contribution is 5.79. The van der Waals surface area contributed by atoms with Gasteiger partial charge in [0.1, 0.15) is 0 Å². The maximum atomic E-state index is 12.7. The molecule has 2 N–H and O–H groups in total. The molecule has 3 heteroatoms. The van der Waals surface area contributed by atoms with E-state index in [0.29, 0.717) is 29.8 Å². The summed E-state index contributed by atoms with van der Waals surface area (Å²) in [6, 6.07) is 0.718. The van der Waals surface area contributed by atoms with Gasteiger partial charge in [-0.3, -0.25) is 4.79 Å². The van der Waals surface area contributed by atoms with Crippen molar-refractivity contribution in [3.8, 4) is 0 Å². The second-order valence-electron chi connectivity index (χ2n) is 6.55. The Morgan fingerprint density at radius 2 is 1.83 bits per heavy atom. The van der Waals surface area contributed by atoms with Gasteiger partial charge in [0.15, 0.2) is 0 Å². The van der Waals surface area contributed by atoms with Crippen molar-refractivity contribution >= 4 is 5.91 Å². The van der Waals surface area contributed by atoms with Gasteiger partial charge in [-0.2, -0.15) is 0 Å². The highest BCUT2D eigenvalue weighted by Crippen LogP contribution is 2.33. The number of rotatable bonds is 1. The predicted molar refractivity (Wildman–Crippen MR) is 74.1 cm³/mol. The lowest BCUT2D eigenvalue weighted by molar-refractivity contribution is -0.143. The molecule has 5 unspecified atom stereocenters. The van der Waals surface area contributed by atoms with Crippen molar-refractivity contribution in [2.24, 2.45) is 23.5 Å². The van der Waals surface area contributed by atoms with Crippen molar-refractivity contribution in [3.05, 3.63) is 0 Å². The van der Waals surface area contributed by atoms with Crippen LogP contribution in [0.1, 0.15) is 52.9 Å². The molecule has 2 aliphatic rings. The predicted octanol–water partition coefficient (Wildman–Crippen LogP) is 2.40. The van der Waals surface area contributed by atoms with Crippen LogP contribution in [-0.2, 0) is 4.79 Å². The molecular formula is C15H28N2O. The molecule has 0 aromatic heterocycles. The molecule has 0 aromatic rings. The quantitative estimate of drug-likeness (QED) is 0.779. The number of carbonyl (C=O) groups excluding carboxylic acids is 1. The molecule has 2 fully saturated rings. The topological polar surface area (TPSA) is 46.3 Å². The first kappa shape index (κ1) is 13.9. The van der Waals surface area contributed by atoms with Gasteiger partial charge in [-0.05, 0) is 50.9 Å². The van der Waals surface area contributed by atoms with Crippen LogP contribution in [0, 0.1) is 17.8 Å². The molecule has 2 rings (SSSR count). The lowest BCUT2D eigenvalue weighted by Crippen LogP contribution is -2.50. The minimum atomic E-state index is 0.220. The normalized spacial score (nSPS) is 41.8. The summed E-state index contributed by atoms with van der Waals surface area (Å²) in [6.45, 7) is 7.63. The second-order valence-corrected chi connectivity index (χ2v) is 6.55. The standard InChI is InChI=1S/C15H28N2O/c1-10-5-4-8-17(12(10)3)15(18)14-7-6-13(16)9-11(14)2/h10-14H,4-9,16H2,1-3H3. The Labute approximate surface area is 111 Å². The van der Waals surface area contributed by atoms with Crippen molar-refractivity contribution in [1.82, 2.24) is 4.90 Å². The molecule has 1 saturated carbocycles. The van der Waals surface area contributed by atoms with E-state index in [1.54, 1.807) is 0 Å². The summed E-state index contributed by atoms with van der Waals surface area (Å²) >= 11 is 0. The van der Waals surface area contributed by atoms with Crippen molar-refractivity contribution in [2.45, 2.75) is 65.0 Å². The van der Waals surface area contributed by atoms with E-state index in [-0.39, 0.29) is 5.92 Å². The Bertz CT molecular complexity index is 305. The van der Waals surface area contributed by atoms with Gasteiger partial charge in [0.25, 0.3) is 0 Å². The van der Waals surface area contributed by atoms with E-state index in [4.69, 9.17) is 5.73 Å². The Hall–Kier alpha value is -0.570. The fourth-order valence-electron chi connectivity index (χ4n) is 3.66. The Balaban J connectivity index is 2.02. The maximum Gasteiger partial charge on any atom is 0.226 e. The van der Waals surface area contributed by atoms with E-state index in [9.17, 15) is 4.79 Å². The van der Waals surface area contributed by atoms with E-state index in [0.717, 1.165) is 32.2 Å². The zero-order valence-electron chi connectivity index (χ0n) is 12.1. The molecule has 0 radical (unpaired) electrons. The highest BCUT2D eigenvalue weighted by Gasteiger charge is 2.37. The minimum absolute atomic E-state index is 0.220. The number of hydrogen-bond donors (Lipinski definition) is 1. The maximum absolute atomic E-state index is 12.7. The Morgan fingerprint density at radius 1 is 1.11 bits per heavy atom. The van der Waals surface area contributed by atoms with Crippen LogP contribution >= 0.6 is 0 Å². The zero-order valence-corrected chi connectivity index (χ0v) is 12.1. The summed E-state index contributed by atoms with van der Waals surface area (Å²) in [4.78, 5) is 14.9. The number of hydrogen-bond acceptors (Lipinski definition) is 2. The van der Waals surface area contributed by atoms with Crippen LogP contribution in [0.15, 0.2) is 0 Å². The van der Waals surface area contributed by atoms with Crippen molar-refractivity contribution in [2.75, 3.05) is 6.54 Å². The highest BCUT2D eigenvalue weighted by atomic mass is 16.2. The summed E-state index contributed by atoms with van der Waals surface area (Å²) in [5.41, 5.74) is 5.99. The van der Waals surface area contributed by atoms with Crippen LogP contribution in [-0.4, -0.2) is 29.4 Å². The van der Waals surface area contributed by atoms with Crippen LogP contribution in [0.25, 0.3) is 0 Å². The smallest absolute Gasteiger partial charge is 0.226 e. The molecular weight excluding hydrogens is 224 g/mol. The van der Waals surface area contributed by atoms with Crippen LogP contribution in [0.3, 0.4) is 0 Å². The van der Waals surface area contributed by atoms with Crippen molar-refractivity contribution in [3.63, 3.8) is 0 Å². The molecule has 0 aromatic carbocycles. The average Bonchev–Trinajstić information content (AvgIpc) is 2.32. The van der Waals surface area contributed by atoms with Gasteiger partial charge in [0, 0.05) is 24.5 Å². The molecule has 18 heavy (non-hydrogen) atoms. The van der Waals surface area contributed by atoms with E-state index in [1.807, 2.05) is 0 Å². The summed E-state index contributed by atoms with van der Waals surface area (Å²) in [7, 11) is 0. The van der Waals surface area contributed by atoms with Gasteiger partial charge >= 0.3 is 0 Å². The molecule has 104 valence electrons. The van der Waals surface area contributed by atoms with E-state index < -0.39 is 0 Å². The summed E-state index contributed by atoms with van der Waals surface area (Å²) in [5.74, 6) is 1.71.